The lowest BCUT2D eigenvalue weighted by molar-refractivity contribution is 0.0471. The van der Waals surface area contributed by atoms with Crippen molar-refractivity contribution in [3.63, 3.8) is 0 Å². The molecule has 1 aromatic carbocycles. The van der Waals surface area contributed by atoms with Crippen molar-refractivity contribution in [2.45, 2.75) is 20.5 Å². The van der Waals surface area contributed by atoms with E-state index in [0.29, 0.717) is 16.3 Å². The van der Waals surface area contributed by atoms with Crippen LogP contribution >= 0.6 is 11.6 Å². The summed E-state index contributed by atoms with van der Waals surface area (Å²) in [6.45, 7) is 3.80. The molecular weight excluding hydrogens is 262 g/mol. The number of nitrogens with zero attached hydrogens (tertiary/aromatic N) is 1. The van der Waals surface area contributed by atoms with Gasteiger partial charge in [0.05, 0.1) is 16.3 Å². The third kappa shape index (κ3) is 3.32. The normalized spacial score (nSPS) is 10.3. The van der Waals surface area contributed by atoms with Gasteiger partial charge in [-0.05, 0) is 25.5 Å². The molecule has 0 amide bonds. The number of halogens is 1. The Kier molecular flexibility index (Phi) is 4.17. The Bertz CT molecular complexity index is 573. The van der Waals surface area contributed by atoms with Crippen LogP contribution in [0.5, 0.6) is 0 Å². The molecule has 0 N–H and O–H groups in total. The maximum atomic E-state index is 12.0. The van der Waals surface area contributed by atoms with E-state index in [1.807, 2.05) is 37.3 Å². The van der Waals surface area contributed by atoms with E-state index in [4.69, 9.17) is 16.3 Å². The monoisotopic (exact) mass is 275 g/mol. The SMILES string of the molecule is Cc1cc(Cl)c(C(=O)OCc2ccccc2)c(C)n1. The molecule has 4 heteroatoms. The maximum Gasteiger partial charge on any atom is 0.341 e. The van der Waals surface area contributed by atoms with E-state index < -0.39 is 5.97 Å². The molecule has 0 radical (unpaired) electrons. The van der Waals surface area contributed by atoms with Crippen molar-refractivity contribution < 1.29 is 9.53 Å². The fourth-order valence-corrected chi connectivity index (χ4v) is 2.19. The zero-order valence-corrected chi connectivity index (χ0v) is 11.6. The number of esters is 1. The minimum Gasteiger partial charge on any atom is -0.457 e. The quantitative estimate of drug-likeness (QED) is 0.802. The van der Waals surface area contributed by atoms with Crippen LogP contribution in [-0.4, -0.2) is 11.0 Å². The zero-order valence-electron chi connectivity index (χ0n) is 10.8. The highest BCUT2D eigenvalue weighted by atomic mass is 35.5. The van der Waals surface area contributed by atoms with Crippen molar-refractivity contribution in [3.05, 3.63) is 63.9 Å². The highest BCUT2D eigenvalue weighted by molar-refractivity contribution is 6.33. The van der Waals surface area contributed by atoms with E-state index in [1.165, 1.54) is 0 Å². The van der Waals surface area contributed by atoms with Crippen molar-refractivity contribution >= 4 is 17.6 Å². The second-order valence-electron chi connectivity index (χ2n) is 4.27. The van der Waals surface area contributed by atoms with Gasteiger partial charge in [-0.25, -0.2) is 4.79 Å². The van der Waals surface area contributed by atoms with Crippen molar-refractivity contribution in [1.82, 2.24) is 4.98 Å². The molecule has 2 aromatic rings. The van der Waals surface area contributed by atoms with Crippen LogP contribution in [0, 0.1) is 13.8 Å². The number of benzene rings is 1. The second-order valence-corrected chi connectivity index (χ2v) is 4.67. The lowest BCUT2D eigenvalue weighted by Crippen LogP contribution is -2.09. The van der Waals surface area contributed by atoms with Crippen LogP contribution in [0.25, 0.3) is 0 Å². The molecule has 0 saturated heterocycles. The molecule has 0 aliphatic heterocycles. The summed E-state index contributed by atoms with van der Waals surface area (Å²) in [7, 11) is 0. The first-order chi connectivity index (χ1) is 9.08. The van der Waals surface area contributed by atoms with E-state index in [9.17, 15) is 4.79 Å². The molecule has 2 rings (SSSR count). The summed E-state index contributed by atoms with van der Waals surface area (Å²) in [6.07, 6.45) is 0. The van der Waals surface area contributed by atoms with Crippen molar-refractivity contribution in [1.29, 1.82) is 0 Å². The number of carbonyl (C=O) groups excluding carboxylic acids is 1. The van der Waals surface area contributed by atoms with E-state index in [2.05, 4.69) is 4.98 Å². The molecule has 3 nitrogen and oxygen atoms in total. The summed E-state index contributed by atoms with van der Waals surface area (Å²) >= 11 is 6.07. The van der Waals surface area contributed by atoms with Gasteiger partial charge in [-0.3, -0.25) is 4.98 Å². The topological polar surface area (TPSA) is 39.2 Å². The largest absolute Gasteiger partial charge is 0.457 e. The van der Waals surface area contributed by atoms with Crippen molar-refractivity contribution in [2.24, 2.45) is 0 Å². The van der Waals surface area contributed by atoms with Crippen LogP contribution < -0.4 is 0 Å². The Labute approximate surface area is 117 Å². The number of ether oxygens (including phenoxy) is 1. The van der Waals surface area contributed by atoms with Crippen molar-refractivity contribution in [3.8, 4) is 0 Å². The molecule has 0 aliphatic rings. The molecule has 19 heavy (non-hydrogen) atoms. The zero-order chi connectivity index (χ0) is 13.8. The lowest BCUT2D eigenvalue weighted by Gasteiger charge is -2.09. The van der Waals surface area contributed by atoms with Gasteiger partial charge < -0.3 is 4.74 Å². The first-order valence-corrected chi connectivity index (χ1v) is 6.30. The number of aromatic nitrogens is 1. The Morgan fingerprint density at radius 1 is 1.26 bits per heavy atom. The Morgan fingerprint density at radius 2 is 1.95 bits per heavy atom. The van der Waals surface area contributed by atoms with Gasteiger partial charge in [0.15, 0.2) is 0 Å². The molecule has 0 bridgehead atoms. The molecule has 0 fully saturated rings. The van der Waals surface area contributed by atoms with Gasteiger partial charge in [0.25, 0.3) is 0 Å². The average Bonchev–Trinajstić information content (AvgIpc) is 2.36. The molecule has 98 valence electrons. The predicted octanol–water partition coefficient (Wildman–Crippen LogP) is 3.71. The third-order valence-electron chi connectivity index (χ3n) is 2.70. The van der Waals surface area contributed by atoms with Crippen LogP contribution in [-0.2, 0) is 11.3 Å². The van der Waals surface area contributed by atoms with E-state index >= 15 is 0 Å². The molecular formula is C15H14ClNO2. The van der Waals surface area contributed by atoms with Gasteiger partial charge in [0, 0.05) is 5.69 Å². The maximum absolute atomic E-state index is 12.0. The number of carbonyl (C=O) groups is 1. The molecule has 1 aromatic heterocycles. The minimum atomic E-state index is -0.446. The first kappa shape index (κ1) is 13.6. The molecule has 1 heterocycles. The van der Waals surface area contributed by atoms with Gasteiger partial charge in [-0.2, -0.15) is 0 Å². The molecule has 0 unspecified atom stereocenters. The van der Waals surface area contributed by atoms with Crippen LogP contribution in [0.1, 0.15) is 27.3 Å². The second kappa shape index (κ2) is 5.85. The van der Waals surface area contributed by atoms with Crippen molar-refractivity contribution in [2.75, 3.05) is 0 Å². The van der Waals surface area contributed by atoms with Gasteiger partial charge in [0.1, 0.15) is 6.61 Å². The number of pyridine rings is 1. The van der Waals surface area contributed by atoms with E-state index in [1.54, 1.807) is 13.0 Å². The fourth-order valence-electron chi connectivity index (χ4n) is 1.82. The lowest BCUT2D eigenvalue weighted by atomic mass is 10.2. The summed E-state index contributed by atoms with van der Waals surface area (Å²) in [5.41, 5.74) is 2.64. The number of hydrogen-bond donors (Lipinski definition) is 0. The average molecular weight is 276 g/mol. The van der Waals surface area contributed by atoms with Gasteiger partial charge in [0.2, 0.25) is 0 Å². The van der Waals surface area contributed by atoms with Crippen LogP contribution in [0.2, 0.25) is 5.02 Å². The Hall–Kier alpha value is -1.87. The van der Waals surface area contributed by atoms with Crippen LogP contribution in [0.3, 0.4) is 0 Å². The number of rotatable bonds is 3. The minimum absolute atomic E-state index is 0.226. The summed E-state index contributed by atoms with van der Waals surface area (Å²) in [5.74, 6) is -0.446. The Morgan fingerprint density at radius 3 is 2.58 bits per heavy atom. The third-order valence-corrected chi connectivity index (χ3v) is 3.00. The number of aryl methyl sites for hydroxylation is 2. The summed E-state index contributed by atoms with van der Waals surface area (Å²) in [4.78, 5) is 16.2. The summed E-state index contributed by atoms with van der Waals surface area (Å²) in [5, 5.41) is 0.378. The summed E-state index contributed by atoms with van der Waals surface area (Å²) < 4.78 is 5.25. The number of hydrogen-bond acceptors (Lipinski definition) is 3. The van der Waals surface area contributed by atoms with E-state index in [-0.39, 0.29) is 6.61 Å². The highest BCUT2D eigenvalue weighted by Crippen LogP contribution is 2.21. The summed E-state index contributed by atoms with van der Waals surface area (Å²) in [6, 6.07) is 11.2. The predicted molar refractivity (Wildman–Crippen MR) is 74.3 cm³/mol. The first-order valence-electron chi connectivity index (χ1n) is 5.92. The van der Waals surface area contributed by atoms with Gasteiger partial charge in [-0.1, -0.05) is 41.9 Å². The van der Waals surface area contributed by atoms with Crippen LogP contribution in [0.4, 0.5) is 0 Å². The molecule has 0 spiro atoms. The fraction of sp³-hybridized carbons (Fsp3) is 0.200. The molecule has 0 aliphatic carbocycles. The Balaban J connectivity index is 2.13. The standard InChI is InChI=1S/C15H14ClNO2/c1-10-8-13(16)14(11(2)17-10)15(18)19-9-12-6-4-3-5-7-12/h3-8H,9H2,1-2H3. The van der Waals surface area contributed by atoms with Crippen LogP contribution in [0.15, 0.2) is 36.4 Å². The molecule has 0 saturated carbocycles. The molecule has 0 atom stereocenters. The smallest absolute Gasteiger partial charge is 0.341 e. The highest BCUT2D eigenvalue weighted by Gasteiger charge is 2.16. The van der Waals surface area contributed by atoms with E-state index in [0.717, 1.165) is 11.3 Å². The van der Waals surface area contributed by atoms with Gasteiger partial charge in [-0.15, -0.1) is 0 Å². The van der Waals surface area contributed by atoms with Gasteiger partial charge >= 0.3 is 5.97 Å².